The van der Waals surface area contributed by atoms with Gasteiger partial charge in [0.15, 0.2) is 0 Å². The van der Waals surface area contributed by atoms with Crippen LogP contribution in [0.5, 0.6) is 0 Å². The van der Waals surface area contributed by atoms with Crippen molar-refractivity contribution in [2.45, 2.75) is 0 Å². The minimum atomic E-state index is 0.536. The molecule has 0 saturated heterocycles. The van der Waals surface area contributed by atoms with E-state index in [0.717, 1.165) is 5.56 Å². The SMILES string of the molecule is Cn1ncc(/C=N/N)c1Cl. The third-order valence-corrected chi connectivity index (χ3v) is 1.57. The summed E-state index contributed by atoms with van der Waals surface area (Å²) in [4.78, 5) is 0. The first-order valence-corrected chi connectivity index (χ1v) is 3.04. The van der Waals surface area contributed by atoms with Crippen LogP contribution in [0.4, 0.5) is 0 Å². The highest BCUT2D eigenvalue weighted by Gasteiger charge is 2.00. The van der Waals surface area contributed by atoms with Crippen molar-refractivity contribution in [3.05, 3.63) is 16.9 Å². The molecule has 1 aromatic heterocycles. The standard InChI is InChI=1S/C5H7ClN4/c1-10-5(6)4(2-8-7)3-9-10/h2-3H,7H2,1H3/b8-2+. The Morgan fingerprint density at radius 1 is 1.90 bits per heavy atom. The van der Waals surface area contributed by atoms with Crippen LogP contribution < -0.4 is 5.84 Å². The summed E-state index contributed by atoms with van der Waals surface area (Å²) in [6.07, 6.45) is 3.05. The summed E-state index contributed by atoms with van der Waals surface area (Å²) >= 11 is 5.74. The maximum atomic E-state index is 5.74. The van der Waals surface area contributed by atoms with Crippen molar-refractivity contribution in [1.29, 1.82) is 0 Å². The number of nitrogens with two attached hydrogens (primary N) is 1. The third kappa shape index (κ3) is 1.11. The number of hydrogen-bond acceptors (Lipinski definition) is 3. The summed E-state index contributed by atoms with van der Waals surface area (Å²) < 4.78 is 1.54. The van der Waals surface area contributed by atoms with E-state index in [9.17, 15) is 0 Å². The van der Waals surface area contributed by atoms with Gasteiger partial charge < -0.3 is 5.84 Å². The van der Waals surface area contributed by atoms with E-state index < -0.39 is 0 Å². The van der Waals surface area contributed by atoms with Gasteiger partial charge >= 0.3 is 0 Å². The summed E-state index contributed by atoms with van der Waals surface area (Å²) in [6, 6.07) is 0. The van der Waals surface area contributed by atoms with E-state index in [1.807, 2.05) is 0 Å². The molecule has 0 fully saturated rings. The maximum absolute atomic E-state index is 5.74. The van der Waals surface area contributed by atoms with Gasteiger partial charge in [0.05, 0.1) is 18.0 Å². The van der Waals surface area contributed by atoms with Gasteiger partial charge in [0.1, 0.15) is 5.15 Å². The van der Waals surface area contributed by atoms with Crippen molar-refractivity contribution in [1.82, 2.24) is 9.78 Å². The zero-order chi connectivity index (χ0) is 7.56. The Bertz CT molecular complexity index is 252. The van der Waals surface area contributed by atoms with Crippen molar-refractivity contribution in [3.63, 3.8) is 0 Å². The van der Waals surface area contributed by atoms with Gasteiger partial charge in [0.25, 0.3) is 0 Å². The Labute approximate surface area is 63.3 Å². The highest BCUT2D eigenvalue weighted by atomic mass is 35.5. The van der Waals surface area contributed by atoms with E-state index in [1.54, 1.807) is 17.9 Å². The number of aryl methyl sites for hydroxylation is 1. The van der Waals surface area contributed by atoms with Crippen LogP contribution in [-0.2, 0) is 7.05 Å². The average Bonchev–Trinajstić information content (AvgIpc) is 2.20. The molecule has 54 valence electrons. The number of hydrogen-bond donors (Lipinski definition) is 1. The molecule has 5 heteroatoms. The molecule has 0 radical (unpaired) electrons. The van der Waals surface area contributed by atoms with Crippen LogP contribution >= 0.6 is 11.6 Å². The lowest BCUT2D eigenvalue weighted by molar-refractivity contribution is 0.768. The lowest BCUT2D eigenvalue weighted by Gasteiger charge is -1.88. The number of halogens is 1. The molecule has 10 heavy (non-hydrogen) atoms. The molecule has 1 aromatic rings. The predicted molar refractivity (Wildman–Crippen MR) is 40.0 cm³/mol. The second-order valence-corrected chi connectivity index (χ2v) is 2.15. The molecule has 0 atom stereocenters. The smallest absolute Gasteiger partial charge is 0.135 e. The van der Waals surface area contributed by atoms with Crippen LogP contribution in [0.25, 0.3) is 0 Å². The molecule has 0 aromatic carbocycles. The first-order valence-electron chi connectivity index (χ1n) is 2.66. The van der Waals surface area contributed by atoms with Crippen LogP contribution in [0.15, 0.2) is 11.3 Å². The number of hydrazone groups is 1. The zero-order valence-corrected chi connectivity index (χ0v) is 6.21. The van der Waals surface area contributed by atoms with Gasteiger partial charge in [-0.05, 0) is 0 Å². The monoisotopic (exact) mass is 158 g/mol. The van der Waals surface area contributed by atoms with Crippen molar-refractivity contribution in [3.8, 4) is 0 Å². The van der Waals surface area contributed by atoms with Crippen molar-refractivity contribution >= 4 is 17.8 Å². The highest BCUT2D eigenvalue weighted by molar-refractivity contribution is 6.32. The van der Waals surface area contributed by atoms with Crippen molar-refractivity contribution in [2.24, 2.45) is 18.0 Å². The molecule has 0 aliphatic carbocycles. The Morgan fingerprint density at radius 3 is 3.00 bits per heavy atom. The Kier molecular flexibility index (Phi) is 1.91. The van der Waals surface area contributed by atoms with E-state index in [1.165, 1.54) is 6.21 Å². The summed E-state index contributed by atoms with van der Waals surface area (Å²) in [5.41, 5.74) is 0.728. The fourth-order valence-corrected chi connectivity index (χ4v) is 0.748. The van der Waals surface area contributed by atoms with Crippen LogP contribution in [0.1, 0.15) is 5.56 Å². The molecule has 1 rings (SSSR count). The second-order valence-electron chi connectivity index (χ2n) is 1.79. The third-order valence-electron chi connectivity index (χ3n) is 1.11. The van der Waals surface area contributed by atoms with Crippen LogP contribution in [0.2, 0.25) is 5.15 Å². The molecule has 2 N–H and O–H groups in total. The Hall–Kier alpha value is -1.03. The molecular weight excluding hydrogens is 152 g/mol. The van der Waals surface area contributed by atoms with E-state index in [0.29, 0.717) is 5.15 Å². The van der Waals surface area contributed by atoms with Gasteiger partial charge in [0, 0.05) is 7.05 Å². The molecule has 0 saturated carbocycles. The molecule has 0 bridgehead atoms. The number of aromatic nitrogens is 2. The maximum Gasteiger partial charge on any atom is 0.135 e. The van der Waals surface area contributed by atoms with Crippen molar-refractivity contribution in [2.75, 3.05) is 0 Å². The van der Waals surface area contributed by atoms with Gasteiger partial charge in [-0.25, -0.2) is 0 Å². The van der Waals surface area contributed by atoms with Crippen molar-refractivity contribution < 1.29 is 0 Å². The van der Waals surface area contributed by atoms with Crippen LogP contribution in [-0.4, -0.2) is 16.0 Å². The van der Waals surface area contributed by atoms with Gasteiger partial charge in [-0.15, -0.1) is 0 Å². The molecule has 0 aliphatic heterocycles. The minimum absolute atomic E-state index is 0.536. The lowest BCUT2D eigenvalue weighted by Crippen LogP contribution is -1.90. The quantitative estimate of drug-likeness (QED) is 0.365. The molecule has 0 aliphatic rings. The Morgan fingerprint density at radius 2 is 2.60 bits per heavy atom. The summed E-state index contributed by atoms with van der Waals surface area (Å²) in [7, 11) is 1.75. The number of rotatable bonds is 1. The first-order chi connectivity index (χ1) is 4.75. The molecule has 0 amide bonds. The normalized spacial score (nSPS) is 11.0. The van der Waals surface area contributed by atoms with E-state index in [-0.39, 0.29) is 0 Å². The molecule has 0 spiro atoms. The Balaban J connectivity index is 3.05. The molecule has 0 unspecified atom stereocenters. The topological polar surface area (TPSA) is 56.2 Å². The fraction of sp³-hybridized carbons (Fsp3) is 0.200. The van der Waals surface area contributed by atoms with Gasteiger partial charge in [-0.2, -0.15) is 10.2 Å². The predicted octanol–water partition coefficient (Wildman–Crippen LogP) is 0.366. The second kappa shape index (κ2) is 2.70. The lowest BCUT2D eigenvalue weighted by atomic mass is 10.4. The minimum Gasteiger partial charge on any atom is -0.323 e. The van der Waals surface area contributed by atoms with Gasteiger partial charge in [-0.3, -0.25) is 4.68 Å². The van der Waals surface area contributed by atoms with Crippen LogP contribution in [0.3, 0.4) is 0 Å². The average molecular weight is 159 g/mol. The van der Waals surface area contributed by atoms with E-state index in [2.05, 4.69) is 10.2 Å². The van der Waals surface area contributed by atoms with Gasteiger partial charge in [-0.1, -0.05) is 11.6 Å². The van der Waals surface area contributed by atoms with E-state index in [4.69, 9.17) is 17.4 Å². The summed E-state index contributed by atoms with van der Waals surface area (Å²) in [5.74, 6) is 4.91. The molecular formula is C5H7ClN4. The zero-order valence-electron chi connectivity index (χ0n) is 5.45. The fourth-order valence-electron chi connectivity index (χ4n) is 0.606. The summed E-state index contributed by atoms with van der Waals surface area (Å²) in [6.45, 7) is 0. The summed E-state index contributed by atoms with van der Waals surface area (Å²) in [5, 5.41) is 7.73. The largest absolute Gasteiger partial charge is 0.323 e. The number of nitrogens with zero attached hydrogens (tertiary/aromatic N) is 3. The van der Waals surface area contributed by atoms with E-state index >= 15 is 0 Å². The highest BCUT2D eigenvalue weighted by Crippen LogP contribution is 2.10. The van der Waals surface area contributed by atoms with Gasteiger partial charge in [0.2, 0.25) is 0 Å². The first kappa shape index (κ1) is 7.08. The molecule has 4 nitrogen and oxygen atoms in total. The van der Waals surface area contributed by atoms with Crippen LogP contribution in [0, 0.1) is 0 Å². The molecule has 1 heterocycles.